The molecule has 1 fully saturated rings. The Hall–Kier alpha value is -2.55. The number of rotatable bonds is 5. The van der Waals surface area contributed by atoms with Crippen LogP contribution in [0.4, 0.5) is 5.69 Å². The Morgan fingerprint density at radius 2 is 2.24 bits per heavy atom. The molecule has 1 N–H and O–H groups in total. The average molecular weight is 360 g/mol. The number of nitrogens with zero attached hydrogens (tertiary/aromatic N) is 3. The lowest BCUT2D eigenvalue weighted by atomic mass is 10.3. The highest BCUT2D eigenvalue weighted by molar-refractivity contribution is 8.00. The SMILES string of the molecule is O=C(Cn1ncc2c(c1=O)N(C1CC1)C(=O)CS2)NCc1ccco1. The lowest BCUT2D eigenvalue weighted by Crippen LogP contribution is -2.43. The maximum absolute atomic E-state index is 12.8. The van der Waals surface area contributed by atoms with E-state index in [1.165, 1.54) is 18.0 Å². The molecule has 0 bridgehead atoms. The van der Waals surface area contributed by atoms with Gasteiger partial charge in [-0.2, -0.15) is 5.10 Å². The first-order chi connectivity index (χ1) is 12.1. The van der Waals surface area contributed by atoms with Crippen molar-refractivity contribution in [1.29, 1.82) is 0 Å². The van der Waals surface area contributed by atoms with Gasteiger partial charge in [-0.3, -0.25) is 14.4 Å². The van der Waals surface area contributed by atoms with Gasteiger partial charge in [0.05, 0.1) is 29.7 Å². The van der Waals surface area contributed by atoms with Gasteiger partial charge in [0, 0.05) is 6.04 Å². The summed E-state index contributed by atoms with van der Waals surface area (Å²) in [5, 5.41) is 6.75. The van der Waals surface area contributed by atoms with Gasteiger partial charge in [0.2, 0.25) is 11.8 Å². The molecule has 2 amide bonds. The Morgan fingerprint density at radius 3 is 2.96 bits per heavy atom. The van der Waals surface area contributed by atoms with Crippen molar-refractivity contribution < 1.29 is 14.0 Å². The van der Waals surface area contributed by atoms with Crippen LogP contribution in [-0.2, 0) is 22.7 Å². The quantitative estimate of drug-likeness (QED) is 0.845. The van der Waals surface area contributed by atoms with Gasteiger partial charge in [-0.1, -0.05) is 0 Å². The zero-order chi connectivity index (χ0) is 17.4. The first-order valence-corrected chi connectivity index (χ1v) is 8.96. The van der Waals surface area contributed by atoms with Crippen LogP contribution in [-0.4, -0.2) is 33.4 Å². The third-order valence-electron chi connectivity index (χ3n) is 4.09. The molecule has 8 nitrogen and oxygen atoms in total. The van der Waals surface area contributed by atoms with Crippen molar-refractivity contribution in [3.8, 4) is 0 Å². The van der Waals surface area contributed by atoms with Crippen LogP contribution >= 0.6 is 11.8 Å². The van der Waals surface area contributed by atoms with E-state index in [0.29, 0.717) is 22.1 Å². The Balaban J connectivity index is 1.54. The van der Waals surface area contributed by atoms with Crippen molar-refractivity contribution in [1.82, 2.24) is 15.1 Å². The molecule has 130 valence electrons. The number of amides is 2. The number of carbonyl (C=O) groups excluding carboxylic acids is 2. The van der Waals surface area contributed by atoms with E-state index in [2.05, 4.69) is 10.4 Å². The second kappa shape index (κ2) is 6.40. The molecular weight excluding hydrogens is 344 g/mol. The van der Waals surface area contributed by atoms with E-state index < -0.39 is 5.56 Å². The standard InChI is InChI=1S/C16H16N4O4S/c21-13(17-6-11-2-1-5-24-11)8-19-16(23)15-12(7-18-19)25-9-14(22)20(15)10-3-4-10/h1-2,5,7,10H,3-4,6,8-9H2,(H,17,21). The van der Waals surface area contributed by atoms with Crippen LogP contribution in [0.25, 0.3) is 0 Å². The molecule has 0 aromatic carbocycles. The van der Waals surface area contributed by atoms with Crippen molar-refractivity contribution in [3.05, 3.63) is 40.7 Å². The van der Waals surface area contributed by atoms with E-state index >= 15 is 0 Å². The predicted octanol–water partition coefficient (Wildman–Crippen LogP) is 0.754. The largest absolute Gasteiger partial charge is 0.467 e. The number of hydrogen-bond acceptors (Lipinski definition) is 6. The summed E-state index contributed by atoms with van der Waals surface area (Å²) in [4.78, 5) is 39.3. The van der Waals surface area contributed by atoms with Crippen molar-refractivity contribution in [2.45, 2.75) is 36.9 Å². The zero-order valence-electron chi connectivity index (χ0n) is 13.3. The number of carbonyl (C=O) groups is 2. The fourth-order valence-electron chi connectivity index (χ4n) is 2.75. The van der Waals surface area contributed by atoms with E-state index in [1.54, 1.807) is 23.2 Å². The minimum atomic E-state index is -0.405. The summed E-state index contributed by atoms with van der Waals surface area (Å²) in [6.45, 7) is 0.0399. The highest BCUT2D eigenvalue weighted by Gasteiger charge is 2.39. The molecule has 4 rings (SSSR count). The van der Waals surface area contributed by atoms with Crippen molar-refractivity contribution in [2.75, 3.05) is 10.7 Å². The predicted molar refractivity (Wildman–Crippen MR) is 90.3 cm³/mol. The topological polar surface area (TPSA) is 97.4 Å². The molecule has 2 aliphatic rings. The molecule has 1 aliphatic heterocycles. The molecule has 0 radical (unpaired) electrons. The van der Waals surface area contributed by atoms with Gasteiger partial charge < -0.3 is 14.6 Å². The summed E-state index contributed by atoms with van der Waals surface area (Å²) >= 11 is 1.32. The highest BCUT2D eigenvalue weighted by Crippen LogP contribution is 2.38. The summed E-state index contributed by atoms with van der Waals surface area (Å²) in [7, 11) is 0. The van der Waals surface area contributed by atoms with Crippen LogP contribution < -0.4 is 15.8 Å². The van der Waals surface area contributed by atoms with Crippen LogP contribution in [0.5, 0.6) is 0 Å². The third-order valence-corrected chi connectivity index (χ3v) is 5.09. The second-order valence-electron chi connectivity index (χ2n) is 5.96. The van der Waals surface area contributed by atoms with Gasteiger partial charge in [-0.25, -0.2) is 4.68 Å². The Kier molecular flexibility index (Phi) is 4.08. The maximum atomic E-state index is 12.8. The van der Waals surface area contributed by atoms with Crippen molar-refractivity contribution in [3.63, 3.8) is 0 Å². The number of anilines is 1. The normalized spacial score (nSPS) is 16.6. The molecule has 0 atom stereocenters. The van der Waals surface area contributed by atoms with Gasteiger partial charge in [0.25, 0.3) is 5.56 Å². The van der Waals surface area contributed by atoms with Crippen molar-refractivity contribution >= 4 is 29.3 Å². The van der Waals surface area contributed by atoms with Crippen LogP contribution in [0.1, 0.15) is 18.6 Å². The molecule has 2 aromatic heterocycles. The van der Waals surface area contributed by atoms with Crippen LogP contribution in [0.3, 0.4) is 0 Å². The number of furan rings is 1. The van der Waals surface area contributed by atoms with E-state index in [0.717, 1.165) is 17.5 Å². The molecular formula is C16H16N4O4S. The first kappa shape index (κ1) is 15.9. The Bertz CT molecular complexity index is 873. The number of hydrogen-bond donors (Lipinski definition) is 1. The minimum Gasteiger partial charge on any atom is -0.467 e. The highest BCUT2D eigenvalue weighted by atomic mass is 32.2. The molecule has 9 heteroatoms. The van der Waals surface area contributed by atoms with Gasteiger partial charge in [0.15, 0.2) is 0 Å². The van der Waals surface area contributed by atoms with E-state index in [4.69, 9.17) is 4.42 Å². The summed E-state index contributed by atoms with van der Waals surface area (Å²) < 4.78 is 6.25. The molecule has 3 heterocycles. The molecule has 1 saturated carbocycles. The number of aromatic nitrogens is 2. The molecule has 25 heavy (non-hydrogen) atoms. The van der Waals surface area contributed by atoms with Gasteiger partial charge in [-0.05, 0) is 25.0 Å². The van der Waals surface area contributed by atoms with E-state index in [9.17, 15) is 14.4 Å². The van der Waals surface area contributed by atoms with Gasteiger partial charge in [0.1, 0.15) is 18.0 Å². The van der Waals surface area contributed by atoms with Gasteiger partial charge >= 0.3 is 0 Å². The molecule has 0 spiro atoms. The van der Waals surface area contributed by atoms with E-state index in [-0.39, 0.29) is 30.9 Å². The first-order valence-electron chi connectivity index (χ1n) is 7.97. The average Bonchev–Trinajstić information content (AvgIpc) is 3.30. The minimum absolute atomic E-state index is 0.0582. The number of fused-ring (bicyclic) bond motifs is 1. The second-order valence-corrected chi connectivity index (χ2v) is 6.98. The number of thioether (sulfide) groups is 1. The maximum Gasteiger partial charge on any atom is 0.292 e. The lowest BCUT2D eigenvalue weighted by Gasteiger charge is -2.28. The summed E-state index contributed by atoms with van der Waals surface area (Å²) in [5.74, 6) is 0.537. The zero-order valence-corrected chi connectivity index (χ0v) is 14.1. The third kappa shape index (κ3) is 3.19. The molecule has 0 unspecified atom stereocenters. The van der Waals surface area contributed by atoms with Crippen molar-refractivity contribution in [2.24, 2.45) is 0 Å². The van der Waals surface area contributed by atoms with Crippen LogP contribution in [0.2, 0.25) is 0 Å². The van der Waals surface area contributed by atoms with E-state index in [1.807, 2.05) is 0 Å². The fourth-order valence-corrected chi connectivity index (χ4v) is 3.61. The molecule has 2 aromatic rings. The summed E-state index contributed by atoms with van der Waals surface area (Å²) in [6.07, 6.45) is 4.89. The van der Waals surface area contributed by atoms with Crippen LogP contribution in [0.15, 0.2) is 38.7 Å². The monoisotopic (exact) mass is 360 g/mol. The lowest BCUT2D eigenvalue weighted by molar-refractivity contribution is -0.122. The Morgan fingerprint density at radius 1 is 1.40 bits per heavy atom. The summed E-state index contributed by atoms with van der Waals surface area (Å²) in [6, 6.07) is 3.58. The van der Waals surface area contributed by atoms with Crippen LogP contribution in [0, 0.1) is 0 Å². The number of nitrogens with one attached hydrogen (secondary N) is 1. The van der Waals surface area contributed by atoms with Gasteiger partial charge in [-0.15, -0.1) is 11.8 Å². The fraction of sp³-hybridized carbons (Fsp3) is 0.375. The molecule has 0 saturated heterocycles. The summed E-state index contributed by atoms with van der Waals surface area (Å²) in [5.41, 5.74) is -0.0457. The Labute approximate surface area is 147 Å². The molecule has 1 aliphatic carbocycles. The smallest absolute Gasteiger partial charge is 0.292 e.